The predicted octanol–water partition coefficient (Wildman–Crippen LogP) is 7.88. The highest BCUT2D eigenvalue weighted by Crippen LogP contribution is 2.66. The van der Waals surface area contributed by atoms with Crippen molar-refractivity contribution in [2.24, 2.45) is 5.92 Å². The summed E-state index contributed by atoms with van der Waals surface area (Å²) >= 11 is 0. The Morgan fingerprint density at radius 2 is 1.43 bits per heavy atom. The lowest BCUT2D eigenvalue weighted by Gasteiger charge is -2.46. The van der Waals surface area contributed by atoms with Crippen LogP contribution in [-0.4, -0.2) is 96.6 Å². The van der Waals surface area contributed by atoms with Gasteiger partial charge in [0.25, 0.3) is 5.69 Å². The summed E-state index contributed by atoms with van der Waals surface area (Å²) in [6.45, 7) is 0.603. The minimum Gasteiger partial charge on any atom is -0.508 e. The summed E-state index contributed by atoms with van der Waals surface area (Å²) in [4.78, 5) is 89.9. The molecule has 75 heavy (non-hydrogen) atoms. The third-order valence-electron chi connectivity index (χ3n) is 15.4. The maximum Gasteiger partial charge on any atom is 0.421 e. The number of non-ortho nitro benzene ring substituents is 1. The van der Waals surface area contributed by atoms with E-state index in [9.17, 15) is 20.3 Å². The van der Waals surface area contributed by atoms with Gasteiger partial charge >= 0.3 is 12.1 Å². The van der Waals surface area contributed by atoms with E-state index in [1.807, 2.05) is 70.5 Å². The van der Waals surface area contributed by atoms with Crippen molar-refractivity contribution >= 4 is 41.2 Å². The number of amides is 3. The molecule has 11 rings (SSSR count). The summed E-state index contributed by atoms with van der Waals surface area (Å²) in [5.41, 5.74) is -0.632. The number of hydrogen-bond acceptors (Lipinski definition) is 14. The number of phenols is 1. The summed E-state index contributed by atoms with van der Waals surface area (Å²) < 4.78 is 12.6. The molecule has 5 aliphatic rings. The quantitative estimate of drug-likeness (QED) is 0.0489. The number of morpholine rings is 1. The van der Waals surface area contributed by atoms with Crippen molar-refractivity contribution in [2.45, 2.75) is 80.4 Å². The molecule has 4 aliphatic heterocycles. The number of imide groups is 1. The van der Waals surface area contributed by atoms with Crippen LogP contribution in [0.5, 0.6) is 5.75 Å². The van der Waals surface area contributed by atoms with Gasteiger partial charge in [-0.2, -0.15) is 0 Å². The van der Waals surface area contributed by atoms with E-state index in [1.165, 1.54) is 36.4 Å². The zero-order valence-electron chi connectivity index (χ0n) is 40.8. The molecular weight excluding hydrogens is 955 g/mol. The van der Waals surface area contributed by atoms with Gasteiger partial charge in [-0.15, -0.1) is 0 Å². The van der Waals surface area contributed by atoms with E-state index in [-0.39, 0.29) is 42.4 Å². The number of aliphatic hydroxyl groups is 1. The molecule has 6 unspecified atom stereocenters. The molecule has 0 bridgehead atoms. The summed E-state index contributed by atoms with van der Waals surface area (Å²) in [6, 6.07) is 33.6. The van der Waals surface area contributed by atoms with Crippen LogP contribution in [0.25, 0.3) is 0 Å². The number of anilines is 2. The molecule has 380 valence electrons. The first-order valence-corrected chi connectivity index (χ1v) is 25.3. The van der Waals surface area contributed by atoms with Crippen molar-refractivity contribution in [1.82, 2.24) is 19.8 Å². The molecule has 1 saturated carbocycles. The number of phenolic OH excluding ortho intramolecular Hbond substituents is 1. The highest BCUT2D eigenvalue weighted by atomic mass is 16.6. The zero-order valence-corrected chi connectivity index (χ0v) is 40.8. The maximum absolute atomic E-state index is 16.7. The van der Waals surface area contributed by atoms with Gasteiger partial charge in [-0.3, -0.25) is 29.4 Å². The number of ether oxygens (including phenoxy) is 2. The Labute approximate surface area is 432 Å². The number of carbonyl (C=O) groups is 4. The second kappa shape index (κ2) is 20.1. The van der Waals surface area contributed by atoms with Gasteiger partial charge in [0.1, 0.15) is 35.5 Å². The van der Waals surface area contributed by atoms with Crippen LogP contribution in [0.4, 0.5) is 22.1 Å². The van der Waals surface area contributed by atoms with E-state index in [2.05, 4.69) is 21.8 Å². The van der Waals surface area contributed by atoms with Gasteiger partial charge in [-0.25, -0.2) is 19.7 Å². The van der Waals surface area contributed by atoms with E-state index in [0.717, 1.165) is 30.6 Å². The molecule has 1 aliphatic carbocycles. The fraction of sp³-hybridized carbons (Fsp3) is 0.310. The largest absolute Gasteiger partial charge is 0.508 e. The monoisotopic (exact) mass is 1010 g/mol. The molecule has 1 spiro atoms. The molecule has 5 aromatic carbocycles. The van der Waals surface area contributed by atoms with Gasteiger partial charge in [0, 0.05) is 56.3 Å². The lowest BCUT2D eigenvalue weighted by molar-refractivity contribution is -0.384. The van der Waals surface area contributed by atoms with Crippen LogP contribution in [-0.2, 0) is 35.9 Å². The van der Waals surface area contributed by atoms with Gasteiger partial charge < -0.3 is 29.5 Å². The Kier molecular flexibility index (Phi) is 13.1. The SMILES string of the molecule is O=C1OC(c2ccccc2)C(c2ccccc2)N2C1C(C(=O)N1CCN(c3ncccn3)CC1)C1(C(=O)N(C(=O)OCc3ccc([N+](=O)[O-])cc3)c3ccc(C#CC4(O)CCCCCC4)cc31)C2c1ccc(O)cc1. The topological polar surface area (TPSA) is 209 Å². The van der Waals surface area contributed by atoms with E-state index in [1.54, 1.807) is 53.7 Å². The second-order valence-corrected chi connectivity index (χ2v) is 19.8. The number of piperazine rings is 1. The average Bonchev–Trinajstić information content (AvgIpc) is 4.01. The van der Waals surface area contributed by atoms with Gasteiger partial charge in [0.15, 0.2) is 0 Å². The Morgan fingerprint density at radius 1 is 0.773 bits per heavy atom. The molecule has 17 nitrogen and oxygen atoms in total. The number of benzene rings is 5. The molecule has 3 saturated heterocycles. The maximum atomic E-state index is 16.7. The molecule has 0 radical (unpaired) electrons. The number of esters is 1. The Morgan fingerprint density at radius 3 is 2.08 bits per heavy atom. The number of nitro groups is 1. The average molecular weight is 1010 g/mol. The van der Waals surface area contributed by atoms with Gasteiger partial charge in [-0.05, 0) is 102 Å². The smallest absolute Gasteiger partial charge is 0.421 e. The second-order valence-electron chi connectivity index (χ2n) is 19.8. The first-order valence-electron chi connectivity index (χ1n) is 25.3. The first-order chi connectivity index (χ1) is 36.4. The van der Waals surface area contributed by atoms with Gasteiger partial charge in [0.2, 0.25) is 17.8 Å². The van der Waals surface area contributed by atoms with Crippen molar-refractivity contribution < 1.29 is 43.8 Å². The van der Waals surface area contributed by atoms with E-state index >= 15 is 19.2 Å². The Hall–Kier alpha value is -8.46. The number of aromatic nitrogens is 2. The van der Waals surface area contributed by atoms with Crippen molar-refractivity contribution in [1.29, 1.82) is 0 Å². The number of nitro benzene ring substituents is 1. The molecule has 6 aromatic rings. The van der Waals surface area contributed by atoms with Crippen molar-refractivity contribution in [2.75, 3.05) is 36.0 Å². The minimum atomic E-state index is -2.13. The van der Waals surface area contributed by atoms with Gasteiger partial charge in [-0.1, -0.05) is 97.5 Å². The number of aromatic hydroxyl groups is 1. The Bertz CT molecular complexity index is 3190. The summed E-state index contributed by atoms with van der Waals surface area (Å²) in [5, 5.41) is 34.1. The summed E-state index contributed by atoms with van der Waals surface area (Å²) in [7, 11) is 0. The number of fused-ring (bicyclic) bond motifs is 3. The number of cyclic esters (lactones) is 1. The number of rotatable bonds is 8. The summed E-state index contributed by atoms with van der Waals surface area (Å²) in [6.07, 6.45) is 5.73. The normalized spacial score (nSPS) is 24.1. The fourth-order valence-corrected chi connectivity index (χ4v) is 11.9. The molecule has 2 N–H and O–H groups in total. The standard InChI is InChI=1S/C58H53N7O10/c66-44-23-19-42(20-24-44)51-58(45-36-38(26-29-57(71)27-9-1-2-10-28-57)18-25-46(45)63(54(58)69)56(70)74-37-39-16-21-43(22-17-39)65(72)73)47(52(67)61-32-34-62(35-33-61)55-59-30-11-31-60-55)49-53(68)75-50(41-14-7-4-8-15-41)48(64(49)51)40-12-5-3-6-13-40/h3-8,11-25,30-31,36,47-51,66,71H,1-2,9-10,27-28,32-35,37H2. The minimum absolute atomic E-state index is 0.0707. The summed E-state index contributed by atoms with van der Waals surface area (Å²) in [5.74, 6) is 3.07. The van der Waals surface area contributed by atoms with Crippen LogP contribution in [0.2, 0.25) is 0 Å². The highest BCUT2D eigenvalue weighted by Gasteiger charge is 2.76. The third kappa shape index (κ3) is 8.89. The lowest BCUT2D eigenvalue weighted by Crippen LogP contribution is -2.59. The van der Waals surface area contributed by atoms with Crippen LogP contribution in [0.3, 0.4) is 0 Å². The highest BCUT2D eigenvalue weighted by molar-refractivity contribution is 6.23. The van der Waals surface area contributed by atoms with Crippen molar-refractivity contribution in [3.8, 4) is 17.6 Å². The van der Waals surface area contributed by atoms with Crippen LogP contribution in [0, 0.1) is 27.9 Å². The fourth-order valence-electron chi connectivity index (χ4n) is 11.9. The van der Waals surface area contributed by atoms with E-state index < -0.39 is 70.0 Å². The number of nitrogens with zero attached hydrogens (tertiary/aromatic N) is 7. The first kappa shape index (κ1) is 48.8. The van der Waals surface area contributed by atoms with Crippen molar-refractivity contribution in [3.05, 3.63) is 189 Å². The van der Waals surface area contributed by atoms with E-state index in [4.69, 9.17) is 9.47 Å². The lowest BCUT2D eigenvalue weighted by atomic mass is 9.64. The molecule has 4 fully saturated rings. The van der Waals surface area contributed by atoms with E-state index in [0.29, 0.717) is 59.7 Å². The van der Waals surface area contributed by atoms with Crippen LogP contribution in [0.1, 0.15) is 90.1 Å². The number of hydrogen-bond donors (Lipinski definition) is 2. The molecule has 17 heteroatoms. The molecule has 5 heterocycles. The van der Waals surface area contributed by atoms with Crippen molar-refractivity contribution in [3.63, 3.8) is 0 Å². The molecule has 3 amide bonds. The molecular formula is C58H53N7O10. The molecule has 1 aromatic heterocycles. The van der Waals surface area contributed by atoms with Crippen LogP contribution < -0.4 is 9.80 Å². The third-order valence-corrected chi connectivity index (χ3v) is 15.4. The predicted molar refractivity (Wildman–Crippen MR) is 274 cm³/mol. The molecule has 6 atom stereocenters. The number of carbonyl (C=O) groups excluding carboxylic acids is 4. The Balaban J connectivity index is 1.14. The van der Waals surface area contributed by atoms with Crippen LogP contribution >= 0.6 is 0 Å². The van der Waals surface area contributed by atoms with Crippen LogP contribution in [0.15, 0.2) is 146 Å². The zero-order chi connectivity index (χ0) is 51.8. The van der Waals surface area contributed by atoms with Gasteiger partial charge in [0.05, 0.1) is 28.6 Å².